The predicted octanol–water partition coefficient (Wildman–Crippen LogP) is 8.59. The molecule has 1 amide bonds. The normalized spacial score (nSPS) is 20.4. The zero-order valence-electron chi connectivity index (χ0n) is 27.9. The van der Waals surface area contributed by atoms with Gasteiger partial charge in [-0.25, -0.2) is 22.5 Å². The summed E-state index contributed by atoms with van der Waals surface area (Å²) in [5, 5.41) is 12.3. The van der Waals surface area contributed by atoms with Crippen molar-refractivity contribution in [1.29, 1.82) is 0 Å². The Balaban J connectivity index is 1.20. The van der Waals surface area contributed by atoms with Crippen molar-refractivity contribution in [1.82, 2.24) is 25.1 Å². The van der Waals surface area contributed by atoms with E-state index in [-0.39, 0.29) is 40.5 Å². The van der Waals surface area contributed by atoms with Crippen LogP contribution in [0.4, 0.5) is 23.4 Å². The number of rotatable bonds is 8. The zero-order valence-corrected chi connectivity index (χ0v) is 28.7. The van der Waals surface area contributed by atoms with Gasteiger partial charge < -0.3 is 19.4 Å². The maximum Gasteiger partial charge on any atom is 0.257 e. The maximum atomic E-state index is 15.7. The van der Waals surface area contributed by atoms with Crippen molar-refractivity contribution in [2.75, 3.05) is 19.0 Å². The lowest BCUT2D eigenvalue weighted by atomic mass is 9.93. The van der Waals surface area contributed by atoms with E-state index in [1.807, 2.05) is 11.0 Å². The van der Waals surface area contributed by atoms with Gasteiger partial charge in [0.05, 0.1) is 46.4 Å². The van der Waals surface area contributed by atoms with Crippen LogP contribution in [0, 0.1) is 18.6 Å². The first-order valence-electron chi connectivity index (χ1n) is 16.9. The van der Waals surface area contributed by atoms with Crippen LogP contribution in [0.5, 0.6) is 5.75 Å². The summed E-state index contributed by atoms with van der Waals surface area (Å²) in [4.78, 5) is 26.4. The number of aryl methyl sites for hydroxylation is 3. The Morgan fingerprint density at radius 2 is 1.87 bits per heavy atom. The number of hydrogen-bond donors (Lipinski definition) is 1. The van der Waals surface area contributed by atoms with E-state index in [1.165, 1.54) is 36.6 Å². The average Bonchev–Trinajstić information content (AvgIpc) is 3.97. The molecule has 1 aliphatic carbocycles. The summed E-state index contributed by atoms with van der Waals surface area (Å²) in [7, 11) is 1.22. The van der Waals surface area contributed by atoms with Crippen molar-refractivity contribution in [2.45, 2.75) is 57.0 Å². The second-order valence-corrected chi connectivity index (χ2v) is 14.3. The molecular weight excluding hydrogens is 697 g/mol. The first kappa shape index (κ1) is 32.5. The SMILES string of the molecule is COc1c(F)ccc2c1[C@@H](F)[C@H](F)[C@@H]2Nc1nccc2cc(-c3c4c(nc(CCc5ccc(F)cc5)c3-c3nnc(C)o3)[C@H]3CCCN3C4=O)sc12. The van der Waals surface area contributed by atoms with Gasteiger partial charge in [0.1, 0.15) is 11.6 Å². The second-order valence-electron chi connectivity index (χ2n) is 13.2. The van der Waals surface area contributed by atoms with Crippen LogP contribution in [-0.2, 0) is 12.8 Å². The van der Waals surface area contributed by atoms with Crippen LogP contribution >= 0.6 is 11.3 Å². The quantitative estimate of drug-likeness (QED) is 0.156. The molecule has 2 aromatic carbocycles. The molecule has 52 heavy (non-hydrogen) atoms. The number of anilines is 1. The van der Waals surface area contributed by atoms with E-state index >= 15 is 8.78 Å². The van der Waals surface area contributed by atoms with Crippen LogP contribution in [0.1, 0.15) is 75.4 Å². The molecule has 264 valence electrons. The molecule has 9 nitrogen and oxygen atoms in total. The number of amides is 1. The molecule has 3 aliphatic rings. The first-order chi connectivity index (χ1) is 25.2. The lowest BCUT2D eigenvalue weighted by Gasteiger charge is -2.18. The number of nitrogens with one attached hydrogen (secondary N) is 1. The molecule has 4 aromatic heterocycles. The summed E-state index contributed by atoms with van der Waals surface area (Å²) in [5.74, 6) is -0.701. The monoisotopic (exact) mass is 726 g/mol. The molecule has 0 saturated carbocycles. The number of nitrogens with zero attached hydrogens (tertiary/aromatic N) is 5. The number of methoxy groups -OCH3 is 1. The third-order valence-electron chi connectivity index (χ3n) is 10.2. The number of hydrogen-bond acceptors (Lipinski definition) is 9. The predicted molar refractivity (Wildman–Crippen MR) is 186 cm³/mol. The van der Waals surface area contributed by atoms with Gasteiger partial charge in [0, 0.05) is 35.7 Å². The number of alkyl halides is 2. The van der Waals surface area contributed by atoms with Crippen molar-refractivity contribution >= 4 is 33.1 Å². The fourth-order valence-electron chi connectivity index (χ4n) is 7.87. The minimum Gasteiger partial charge on any atom is -0.493 e. The Morgan fingerprint density at radius 1 is 1.04 bits per heavy atom. The number of thiophene rings is 1. The average molecular weight is 727 g/mol. The van der Waals surface area contributed by atoms with Gasteiger partial charge in [0.2, 0.25) is 11.8 Å². The van der Waals surface area contributed by atoms with Crippen LogP contribution in [-0.4, -0.2) is 50.8 Å². The van der Waals surface area contributed by atoms with E-state index in [2.05, 4.69) is 20.5 Å². The van der Waals surface area contributed by atoms with Gasteiger partial charge in [-0.15, -0.1) is 21.5 Å². The Morgan fingerprint density at radius 3 is 2.63 bits per heavy atom. The molecule has 4 atom stereocenters. The highest BCUT2D eigenvalue weighted by molar-refractivity contribution is 7.23. The minimum absolute atomic E-state index is 0.130. The van der Waals surface area contributed by atoms with Gasteiger partial charge in [0.25, 0.3) is 5.91 Å². The largest absolute Gasteiger partial charge is 0.493 e. The van der Waals surface area contributed by atoms with Crippen LogP contribution < -0.4 is 10.1 Å². The zero-order chi connectivity index (χ0) is 35.8. The fraction of sp³-hybridized carbons (Fsp3) is 0.289. The molecule has 1 fully saturated rings. The molecule has 6 heterocycles. The molecule has 1 saturated heterocycles. The standard InChI is InChI=1S/C38H30F4N6O3S/c1-17-46-47-37(51-17)27-23(12-7-18-5-8-20(39)9-6-18)44-33-24-4-3-15-48(24)38(49)29(33)28(27)25-16-19-13-14-43-36(35(19)52-25)45-32-21-10-11-22(40)34(50-2)26(21)30(41)31(32)42/h5-6,8-11,13-14,16,24,30-32H,3-4,7,12,15H2,1-2H3,(H,43,45)/t24-,30-,31+,32-/m1/s1. The number of ether oxygens (including phenoxy) is 1. The van der Waals surface area contributed by atoms with Gasteiger partial charge in [-0.3, -0.25) is 9.78 Å². The summed E-state index contributed by atoms with van der Waals surface area (Å²) in [6.45, 7) is 2.30. The van der Waals surface area contributed by atoms with E-state index in [0.717, 1.165) is 29.9 Å². The molecule has 2 aliphatic heterocycles. The molecule has 0 spiro atoms. The van der Waals surface area contributed by atoms with Crippen molar-refractivity contribution in [3.8, 4) is 27.6 Å². The number of carbonyl (C=O) groups is 1. The molecular formula is C38H30F4N6O3S. The van der Waals surface area contributed by atoms with E-state index in [9.17, 15) is 13.6 Å². The lowest BCUT2D eigenvalue weighted by molar-refractivity contribution is 0.0776. The van der Waals surface area contributed by atoms with E-state index in [0.29, 0.717) is 68.8 Å². The Labute approximate surface area is 298 Å². The number of aromatic nitrogens is 4. The highest BCUT2D eigenvalue weighted by atomic mass is 32.1. The molecule has 0 unspecified atom stereocenters. The van der Waals surface area contributed by atoms with Crippen molar-refractivity contribution < 1.29 is 31.5 Å². The van der Waals surface area contributed by atoms with Crippen molar-refractivity contribution in [3.05, 3.63) is 106 Å². The van der Waals surface area contributed by atoms with Gasteiger partial charge in [-0.1, -0.05) is 18.2 Å². The summed E-state index contributed by atoms with van der Waals surface area (Å²) in [6, 6.07) is 11.2. The maximum absolute atomic E-state index is 15.7. The van der Waals surface area contributed by atoms with Crippen LogP contribution in [0.3, 0.4) is 0 Å². The molecule has 0 radical (unpaired) electrons. The van der Waals surface area contributed by atoms with Crippen LogP contribution in [0.2, 0.25) is 0 Å². The molecule has 0 bridgehead atoms. The topological polar surface area (TPSA) is 106 Å². The fourth-order valence-corrected chi connectivity index (χ4v) is 9.03. The number of pyridine rings is 2. The van der Waals surface area contributed by atoms with E-state index in [1.54, 1.807) is 31.3 Å². The van der Waals surface area contributed by atoms with Gasteiger partial charge >= 0.3 is 0 Å². The molecule has 6 aromatic rings. The van der Waals surface area contributed by atoms with Crippen molar-refractivity contribution in [3.63, 3.8) is 0 Å². The highest BCUT2D eigenvalue weighted by Crippen LogP contribution is 2.52. The Hall–Kier alpha value is -5.37. The molecule has 1 N–H and O–H groups in total. The Bertz CT molecular complexity index is 2400. The van der Waals surface area contributed by atoms with Gasteiger partial charge in [0.15, 0.2) is 23.9 Å². The van der Waals surface area contributed by atoms with E-state index < -0.39 is 24.2 Å². The number of halogens is 4. The number of carbonyl (C=O) groups excluding carboxylic acids is 1. The van der Waals surface area contributed by atoms with E-state index in [4.69, 9.17) is 14.1 Å². The van der Waals surface area contributed by atoms with Gasteiger partial charge in [-0.2, -0.15) is 0 Å². The summed E-state index contributed by atoms with van der Waals surface area (Å²) >= 11 is 1.33. The molecule has 14 heteroatoms. The summed E-state index contributed by atoms with van der Waals surface area (Å²) in [5.41, 5.74) is 3.96. The number of fused-ring (bicyclic) bond motifs is 5. The summed E-state index contributed by atoms with van der Waals surface area (Å²) in [6.07, 6.45) is 0.0502. The van der Waals surface area contributed by atoms with Crippen LogP contribution in [0.25, 0.3) is 32.0 Å². The summed E-state index contributed by atoms with van der Waals surface area (Å²) < 4.78 is 71.0. The van der Waals surface area contributed by atoms with Gasteiger partial charge in [-0.05, 0) is 72.5 Å². The van der Waals surface area contributed by atoms with Crippen molar-refractivity contribution in [2.24, 2.45) is 0 Å². The lowest BCUT2D eigenvalue weighted by Crippen LogP contribution is -2.22. The third kappa shape index (κ3) is 5.06. The minimum atomic E-state index is -2.11. The Kier molecular flexibility index (Phi) is 7.75. The first-order valence-corrected chi connectivity index (χ1v) is 17.8. The number of benzene rings is 2. The molecule has 9 rings (SSSR count). The van der Waals surface area contributed by atoms with Crippen LogP contribution in [0.15, 0.2) is 59.1 Å². The second kappa shape index (κ2) is 12.4. The third-order valence-corrected chi connectivity index (χ3v) is 11.4. The highest BCUT2D eigenvalue weighted by Gasteiger charge is 2.46. The smallest absolute Gasteiger partial charge is 0.257 e.